The molecule has 2 aromatic heterocycles. The Kier molecular flexibility index (Phi) is 8.47. The topological polar surface area (TPSA) is 268 Å². The number of aliphatic hydroxyl groups is 2. The summed E-state index contributed by atoms with van der Waals surface area (Å²) in [6.45, 7) is -1.43. The molecule has 4 rings (SSSR count). The van der Waals surface area contributed by atoms with Gasteiger partial charge < -0.3 is 35.4 Å². The maximum Gasteiger partial charge on any atom is 0.490 e. The van der Waals surface area contributed by atoms with Gasteiger partial charge in [-0.1, -0.05) is 30.3 Å². The van der Waals surface area contributed by atoms with Crippen molar-refractivity contribution in [3.8, 4) is 0 Å². The third-order valence-electron chi connectivity index (χ3n) is 5.05. The minimum Gasteiger partial charge on any atom is -0.387 e. The quantitative estimate of drug-likeness (QED) is 0.165. The minimum atomic E-state index is -5.70. The summed E-state index contributed by atoms with van der Waals surface area (Å²) >= 11 is 0. The molecule has 1 fully saturated rings. The second-order valence-electron chi connectivity index (χ2n) is 7.75. The van der Waals surface area contributed by atoms with Crippen molar-refractivity contribution < 1.29 is 61.0 Å². The number of benzene rings is 1. The zero-order valence-electron chi connectivity index (χ0n) is 19.0. The van der Waals surface area contributed by atoms with E-state index in [1.54, 1.807) is 18.2 Å². The Hall–Kier alpha value is -2.14. The number of hydrogen-bond donors (Lipinski definition) is 6. The lowest BCUT2D eigenvalue weighted by Gasteiger charge is -2.20. The number of imidazole rings is 1. The lowest BCUT2D eigenvalue weighted by Crippen LogP contribution is -2.33. The number of nitrogen functional groups attached to an aromatic ring is 1. The van der Waals surface area contributed by atoms with Gasteiger partial charge in [-0.15, -0.1) is 0 Å². The average molecular weight is 597 g/mol. The normalized spacial score (nSPS) is 26.6. The summed E-state index contributed by atoms with van der Waals surface area (Å²) in [5.74, 6) is 0.0496. The fourth-order valence-electron chi connectivity index (χ4n) is 3.37. The molecule has 1 aliphatic rings. The number of anilines is 1. The Morgan fingerprint density at radius 2 is 1.58 bits per heavy atom. The van der Waals surface area contributed by atoms with Crippen molar-refractivity contribution in [3.05, 3.63) is 48.5 Å². The van der Waals surface area contributed by atoms with Crippen LogP contribution in [0.2, 0.25) is 0 Å². The van der Waals surface area contributed by atoms with Gasteiger partial charge in [-0.25, -0.2) is 28.6 Å². The summed E-state index contributed by atoms with van der Waals surface area (Å²) in [5.41, 5.74) is 6.49. The molecule has 0 radical (unpaired) electrons. The average Bonchev–Trinajstić information content (AvgIpc) is 3.38. The summed E-state index contributed by atoms with van der Waals surface area (Å²) in [5, 5.41) is 20.7. The lowest BCUT2D eigenvalue weighted by molar-refractivity contribution is -0.0503. The maximum absolute atomic E-state index is 12.2. The molecule has 7 atom stereocenters. The highest BCUT2D eigenvalue weighted by Gasteiger charge is 2.47. The van der Waals surface area contributed by atoms with Crippen LogP contribution in [0.15, 0.2) is 43.0 Å². The zero-order valence-corrected chi connectivity index (χ0v) is 21.7. The van der Waals surface area contributed by atoms with Gasteiger partial charge >= 0.3 is 23.5 Å². The second kappa shape index (κ2) is 11.2. The number of phosphoric ester groups is 2. The molecule has 0 aliphatic carbocycles. The van der Waals surface area contributed by atoms with Crippen LogP contribution in [0.5, 0.6) is 0 Å². The molecular formula is C17H22N5O13P3. The van der Waals surface area contributed by atoms with Gasteiger partial charge in [0.15, 0.2) is 17.7 Å². The maximum atomic E-state index is 12.2. The third-order valence-corrected chi connectivity index (χ3v) is 9.28. The molecule has 1 aromatic carbocycles. The Bertz CT molecular complexity index is 1430. The van der Waals surface area contributed by atoms with Crippen molar-refractivity contribution in [1.29, 1.82) is 0 Å². The SMILES string of the molecule is Nc1ncnc2c1ncn2[C@@H]1O[C@H](COP(=O)(O)OP(=O)(O)OP(=O)(O)OCc2ccccc2)[C@H](O)C1O. The van der Waals surface area contributed by atoms with Crippen LogP contribution < -0.4 is 5.73 Å². The predicted molar refractivity (Wildman–Crippen MR) is 124 cm³/mol. The van der Waals surface area contributed by atoms with Crippen LogP contribution in [0.1, 0.15) is 11.8 Å². The number of hydrogen-bond acceptors (Lipinski definition) is 14. The monoisotopic (exact) mass is 597 g/mol. The number of aromatic nitrogens is 4. The van der Waals surface area contributed by atoms with E-state index >= 15 is 0 Å². The van der Waals surface area contributed by atoms with Crippen LogP contribution in [-0.2, 0) is 42.7 Å². The van der Waals surface area contributed by atoms with Gasteiger partial charge in [0.2, 0.25) is 0 Å². The van der Waals surface area contributed by atoms with Gasteiger partial charge in [0, 0.05) is 0 Å². The first-order chi connectivity index (χ1) is 17.8. The molecule has 0 bridgehead atoms. The highest BCUT2D eigenvalue weighted by atomic mass is 31.3. The summed E-state index contributed by atoms with van der Waals surface area (Å²) < 4.78 is 60.2. The first kappa shape index (κ1) is 28.9. The molecule has 38 heavy (non-hydrogen) atoms. The molecular weight excluding hydrogens is 575 g/mol. The molecule has 1 aliphatic heterocycles. The molecule has 7 N–H and O–H groups in total. The Balaban J connectivity index is 1.35. The Morgan fingerprint density at radius 3 is 2.26 bits per heavy atom. The summed E-state index contributed by atoms with van der Waals surface area (Å²) in [4.78, 5) is 41.0. The van der Waals surface area contributed by atoms with Crippen LogP contribution in [0.4, 0.5) is 5.82 Å². The smallest absolute Gasteiger partial charge is 0.387 e. The van der Waals surface area contributed by atoms with E-state index in [1.165, 1.54) is 23.0 Å². The number of phosphoric acid groups is 3. The second-order valence-corrected chi connectivity index (χ2v) is 12.4. The fourth-order valence-corrected chi connectivity index (χ4v) is 6.87. The van der Waals surface area contributed by atoms with Gasteiger partial charge in [-0.3, -0.25) is 13.6 Å². The Labute approximate surface area is 213 Å². The van der Waals surface area contributed by atoms with Gasteiger partial charge in [-0.2, -0.15) is 8.62 Å². The van der Waals surface area contributed by atoms with Gasteiger partial charge in [0.1, 0.15) is 30.2 Å². The molecule has 0 amide bonds. The van der Waals surface area contributed by atoms with E-state index in [1.807, 2.05) is 0 Å². The highest BCUT2D eigenvalue weighted by molar-refractivity contribution is 7.66. The minimum absolute atomic E-state index is 0.0496. The van der Waals surface area contributed by atoms with Crippen molar-refractivity contribution in [2.75, 3.05) is 12.3 Å². The van der Waals surface area contributed by atoms with Crippen LogP contribution >= 0.6 is 23.5 Å². The van der Waals surface area contributed by atoms with Gasteiger partial charge in [0.25, 0.3) is 0 Å². The van der Waals surface area contributed by atoms with Gasteiger partial charge in [-0.05, 0) is 5.56 Å². The van der Waals surface area contributed by atoms with Crippen LogP contribution in [0.3, 0.4) is 0 Å². The van der Waals surface area contributed by atoms with E-state index in [0.717, 1.165) is 6.33 Å². The molecule has 0 saturated carbocycles. The summed E-state index contributed by atoms with van der Waals surface area (Å²) in [7, 11) is -16.4. The standard InChI is InChI=1S/C17H22N5O13P3/c18-15-12-16(20-8-19-15)22(9-21-12)17-14(24)13(23)11(33-17)7-32-37(27,28)35-38(29,30)34-36(25,26)31-6-10-4-2-1-3-5-10/h1-5,8-9,11,13-14,17,23-24H,6-7H2,(H,25,26)(H,27,28)(H,29,30)(H2,18,19,20)/t11-,13+,14?,17-/m1/s1. The largest absolute Gasteiger partial charge is 0.490 e. The predicted octanol–water partition coefficient (Wildman–Crippen LogP) is 0.595. The molecule has 0 spiro atoms. The van der Waals surface area contributed by atoms with Crippen molar-refractivity contribution >= 4 is 40.4 Å². The van der Waals surface area contributed by atoms with Crippen molar-refractivity contribution in [2.45, 2.75) is 31.1 Å². The molecule has 4 unspecified atom stereocenters. The molecule has 21 heteroatoms. The lowest BCUT2D eigenvalue weighted by atomic mass is 10.1. The molecule has 208 valence electrons. The van der Waals surface area contributed by atoms with Crippen LogP contribution in [-0.4, -0.2) is 69.3 Å². The first-order valence-electron chi connectivity index (χ1n) is 10.5. The summed E-state index contributed by atoms with van der Waals surface area (Å²) in [6, 6.07) is 7.95. The van der Waals surface area contributed by atoms with E-state index in [4.69, 9.17) is 10.5 Å². The molecule has 3 aromatic rings. The number of ether oxygens (including phenoxy) is 1. The van der Waals surface area contributed by atoms with Crippen LogP contribution in [0, 0.1) is 0 Å². The molecule has 3 heterocycles. The number of aliphatic hydroxyl groups excluding tert-OH is 2. The Morgan fingerprint density at radius 1 is 0.921 bits per heavy atom. The van der Waals surface area contributed by atoms with Crippen LogP contribution in [0.25, 0.3) is 11.2 Å². The van der Waals surface area contributed by atoms with Crippen molar-refractivity contribution in [2.24, 2.45) is 0 Å². The first-order valence-corrected chi connectivity index (χ1v) is 14.9. The van der Waals surface area contributed by atoms with E-state index in [-0.39, 0.29) is 17.0 Å². The third kappa shape index (κ3) is 6.89. The van der Waals surface area contributed by atoms with E-state index < -0.39 is 61.2 Å². The van der Waals surface area contributed by atoms with Crippen molar-refractivity contribution in [1.82, 2.24) is 19.5 Å². The number of rotatable bonds is 11. The number of nitrogens with two attached hydrogens (primary N) is 1. The zero-order chi connectivity index (χ0) is 27.7. The number of nitrogens with zero attached hydrogens (tertiary/aromatic N) is 4. The molecule has 1 saturated heterocycles. The highest BCUT2D eigenvalue weighted by Crippen LogP contribution is 2.67. The van der Waals surface area contributed by atoms with Crippen molar-refractivity contribution in [3.63, 3.8) is 0 Å². The van der Waals surface area contributed by atoms with E-state index in [9.17, 15) is 38.6 Å². The fraction of sp³-hybridized carbons (Fsp3) is 0.353. The van der Waals surface area contributed by atoms with Gasteiger partial charge in [0.05, 0.1) is 19.5 Å². The number of fused-ring (bicyclic) bond motifs is 1. The van der Waals surface area contributed by atoms with E-state index in [0.29, 0.717) is 5.56 Å². The van der Waals surface area contributed by atoms with E-state index in [2.05, 4.69) is 32.6 Å². The molecule has 18 nitrogen and oxygen atoms in total. The summed E-state index contributed by atoms with van der Waals surface area (Å²) in [6.07, 6.45) is -3.64.